The lowest BCUT2D eigenvalue weighted by atomic mass is 10.0. The molecule has 0 aliphatic rings. The standard InChI is InChI=1S/C22H15ClF4N2O2/c23-17-4-2-1-3-14(17)11-29-18-7-6-15(31-22(25,26)27)9-16(18)21(19(29)12-30)13-5-8-20(24)28-10-13/h1-10,30H,11-12H2. The van der Waals surface area contributed by atoms with Crippen LogP contribution in [-0.4, -0.2) is 21.0 Å². The maximum Gasteiger partial charge on any atom is 0.573 e. The van der Waals surface area contributed by atoms with Crippen LogP contribution in [0.15, 0.2) is 60.8 Å². The Morgan fingerprint density at radius 2 is 1.84 bits per heavy atom. The van der Waals surface area contributed by atoms with E-state index in [-0.39, 0.29) is 6.54 Å². The highest BCUT2D eigenvalue weighted by molar-refractivity contribution is 6.31. The van der Waals surface area contributed by atoms with Gasteiger partial charge < -0.3 is 14.4 Å². The molecule has 4 nitrogen and oxygen atoms in total. The smallest absolute Gasteiger partial charge is 0.406 e. The van der Waals surface area contributed by atoms with Crippen LogP contribution in [0, 0.1) is 5.95 Å². The number of rotatable bonds is 5. The minimum atomic E-state index is -4.86. The number of hydrogen-bond donors (Lipinski definition) is 1. The number of aromatic nitrogens is 2. The number of benzene rings is 2. The Balaban J connectivity index is 1.96. The molecule has 0 radical (unpaired) electrons. The van der Waals surface area contributed by atoms with E-state index in [2.05, 4.69) is 9.72 Å². The van der Waals surface area contributed by atoms with Crippen LogP contribution in [0.3, 0.4) is 0 Å². The molecule has 9 heteroatoms. The molecular weight excluding hydrogens is 436 g/mol. The summed E-state index contributed by atoms with van der Waals surface area (Å²) < 4.78 is 57.5. The Morgan fingerprint density at radius 3 is 2.48 bits per heavy atom. The van der Waals surface area contributed by atoms with Crippen LogP contribution in [-0.2, 0) is 13.2 Å². The Morgan fingerprint density at radius 1 is 1.06 bits per heavy atom. The molecule has 0 unspecified atom stereocenters. The number of alkyl halides is 3. The molecule has 0 aliphatic heterocycles. The van der Waals surface area contributed by atoms with Gasteiger partial charge in [-0.3, -0.25) is 0 Å². The number of aliphatic hydroxyl groups is 1. The summed E-state index contributed by atoms with van der Waals surface area (Å²) >= 11 is 6.29. The first-order chi connectivity index (χ1) is 14.8. The van der Waals surface area contributed by atoms with Gasteiger partial charge in [-0.1, -0.05) is 29.8 Å². The van der Waals surface area contributed by atoms with E-state index in [9.17, 15) is 22.7 Å². The van der Waals surface area contributed by atoms with E-state index in [0.717, 1.165) is 11.6 Å². The number of hydrogen-bond acceptors (Lipinski definition) is 3. The third-order valence-corrected chi connectivity index (χ3v) is 5.20. The van der Waals surface area contributed by atoms with E-state index in [4.69, 9.17) is 11.6 Å². The molecule has 0 bridgehead atoms. The van der Waals surface area contributed by atoms with E-state index >= 15 is 0 Å². The quantitative estimate of drug-likeness (QED) is 0.302. The molecule has 0 fully saturated rings. The molecule has 0 saturated carbocycles. The Hall–Kier alpha value is -3.10. The van der Waals surface area contributed by atoms with Gasteiger partial charge in [-0.25, -0.2) is 4.98 Å². The first kappa shape index (κ1) is 21.1. The zero-order chi connectivity index (χ0) is 22.2. The molecule has 2 aromatic carbocycles. The van der Waals surface area contributed by atoms with Gasteiger partial charge >= 0.3 is 6.36 Å². The summed E-state index contributed by atoms with van der Waals surface area (Å²) in [5.41, 5.74) is 2.61. The van der Waals surface area contributed by atoms with Crippen molar-refractivity contribution in [3.8, 4) is 16.9 Å². The van der Waals surface area contributed by atoms with Crippen molar-refractivity contribution in [2.45, 2.75) is 19.5 Å². The average Bonchev–Trinajstić information content (AvgIpc) is 3.01. The minimum absolute atomic E-state index is 0.264. The topological polar surface area (TPSA) is 47.3 Å². The van der Waals surface area contributed by atoms with E-state index in [1.807, 2.05) is 12.1 Å². The van der Waals surface area contributed by atoms with E-state index in [1.165, 1.54) is 30.5 Å². The highest BCUT2D eigenvalue weighted by Crippen LogP contribution is 2.38. The number of ether oxygens (including phenoxy) is 1. The fraction of sp³-hybridized carbons (Fsp3) is 0.136. The zero-order valence-corrected chi connectivity index (χ0v) is 16.6. The Bertz CT molecular complexity index is 1240. The van der Waals surface area contributed by atoms with Gasteiger partial charge in [-0.05, 0) is 42.0 Å². The average molecular weight is 451 g/mol. The predicted octanol–water partition coefficient (Wildman–Crippen LogP) is 5.94. The van der Waals surface area contributed by atoms with Crippen molar-refractivity contribution in [1.29, 1.82) is 0 Å². The van der Waals surface area contributed by atoms with E-state index < -0.39 is 24.7 Å². The molecule has 0 atom stereocenters. The Labute approximate surface area is 179 Å². The maximum absolute atomic E-state index is 13.4. The van der Waals surface area contributed by atoms with Crippen LogP contribution in [0.1, 0.15) is 11.3 Å². The van der Waals surface area contributed by atoms with Crippen LogP contribution in [0.25, 0.3) is 22.0 Å². The third kappa shape index (κ3) is 4.35. The van der Waals surface area contributed by atoms with Gasteiger partial charge in [-0.15, -0.1) is 13.2 Å². The van der Waals surface area contributed by atoms with Crippen LogP contribution >= 0.6 is 11.6 Å². The lowest BCUT2D eigenvalue weighted by Crippen LogP contribution is -2.17. The maximum atomic E-state index is 13.4. The fourth-order valence-electron chi connectivity index (χ4n) is 3.57. The third-order valence-electron chi connectivity index (χ3n) is 4.83. The van der Waals surface area contributed by atoms with Gasteiger partial charge in [-0.2, -0.15) is 4.39 Å². The molecule has 2 heterocycles. The summed E-state index contributed by atoms with van der Waals surface area (Å²) in [5.74, 6) is -1.11. The fourth-order valence-corrected chi connectivity index (χ4v) is 3.77. The van der Waals surface area contributed by atoms with Gasteiger partial charge in [0.2, 0.25) is 5.95 Å². The molecule has 31 heavy (non-hydrogen) atoms. The molecule has 1 N–H and O–H groups in total. The lowest BCUT2D eigenvalue weighted by molar-refractivity contribution is -0.274. The summed E-state index contributed by atoms with van der Waals surface area (Å²) in [6, 6.07) is 13.6. The summed E-state index contributed by atoms with van der Waals surface area (Å²) in [4.78, 5) is 3.64. The van der Waals surface area contributed by atoms with Gasteiger partial charge in [0.1, 0.15) is 5.75 Å². The summed E-state index contributed by atoms with van der Waals surface area (Å²) in [5, 5.41) is 11.1. The first-order valence-electron chi connectivity index (χ1n) is 9.14. The van der Waals surface area contributed by atoms with Crippen molar-refractivity contribution >= 4 is 22.5 Å². The van der Waals surface area contributed by atoms with Gasteiger partial charge in [0.25, 0.3) is 0 Å². The van der Waals surface area contributed by atoms with Crippen LogP contribution in [0.4, 0.5) is 17.6 Å². The molecule has 0 amide bonds. The van der Waals surface area contributed by atoms with Gasteiger partial charge in [0.05, 0.1) is 12.3 Å². The number of nitrogens with zero attached hydrogens (tertiary/aromatic N) is 2. The highest BCUT2D eigenvalue weighted by atomic mass is 35.5. The van der Waals surface area contributed by atoms with Crippen LogP contribution in [0.2, 0.25) is 5.02 Å². The molecular formula is C22H15ClF4N2O2. The number of aliphatic hydroxyl groups excluding tert-OH is 1. The molecule has 160 valence electrons. The Kier molecular flexibility index (Phi) is 5.60. The summed E-state index contributed by atoms with van der Waals surface area (Å²) in [6.45, 7) is -0.151. The van der Waals surface area contributed by atoms with Crippen molar-refractivity contribution in [2.24, 2.45) is 0 Å². The van der Waals surface area contributed by atoms with E-state index in [0.29, 0.717) is 32.7 Å². The SMILES string of the molecule is OCc1c(-c2ccc(F)nc2)c2cc(OC(F)(F)F)ccc2n1Cc1ccccc1Cl. The molecule has 4 rings (SSSR count). The predicted molar refractivity (Wildman–Crippen MR) is 108 cm³/mol. The van der Waals surface area contributed by atoms with Crippen LogP contribution in [0.5, 0.6) is 5.75 Å². The van der Waals surface area contributed by atoms with Crippen molar-refractivity contribution in [3.63, 3.8) is 0 Å². The molecule has 2 aromatic heterocycles. The van der Waals surface area contributed by atoms with Crippen molar-refractivity contribution < 1.29 is 27.4 Å². The molecule has 4 aromatic rings. The van der Waals surface area contributed by atoms with Crippen molar-refractivity contribution in [2.75, 3.05) is 0 Å². The second-order valence-electron chi connectivity index (χ2n) is 6.75. The molecule has 0 aliphatic carbocycles. The van der Waals surface area contributed by atoms with Crippen molar-refractivity contribution in [3.05, 3.63) is 83.0 Å². The van der Waals surface area contributed by atoms with Crippen LogP contribution < -0.4 is 4.74 Å². The molecule has 0 spiro atoms. The number of halogens is 5. The van der Waals surface area contributed by atoms with Gasteiger partial charge in [0, 0.05) is 39.8 Å². The lowest BCUT2D eigenvalue weighted by Gasteiger charge is -2.12. The minimum Gasteiger partial charge on any atom is -0.406 e. The number of fused-ring (bicyclic) bond motifs is 1. The zero-order valence-electron chi connectivity index (χ0n) is 15.8. The largest absolute Gasteiger partial charge is 0.573 e. The second kappa shape index (κ2) is 8.20. The number of pyridine rings is 1. The first-order valence-corrected chi connectivity index (χ1v) is 9.51. The monoisotopic (exact) mass is 450 g/mol. The summed E-state index contributed by atoms with van der Waals surface area (Å²) in [7, 11) is 0. The van der Waals surface area contributed by atoms with E-state index in [1.54, 1.807) is 16.7 Å². The second-order valence-corrected chi connectivity index (χ2v) is 7.16. The normalized spacial score (nSPS) is 11.8. The van der Waals surface area contributed by atoms with Gasteiger partial charge in [0.15, 0.2) is 0 Å². The molecule has 0 saturated heterocycles. The summed E-state index contributed by atoms with van der Waals surface area (Å²) in [6.07, 6.45) is -3.59. The highest BCUT2D eigenvalue weighted by Gasteiger charge is 2.31. The van der Waals surface area contributed by atoms with Crippen molar-refractivity contribution in [1.82, 2.24) is 9.55 Å².